The first kappa shape index (κ1) is 19.0. The number of esters is 1. The Morgan fingerprint density at radius 3 is 2.67 bits per heavy atom. The van der Waals surface area contributed by atoms with Crippen LogP contribution < -0.4 is 5.32 Å². The number of hydrogen-bond donors (Lipinski definition) is 1. The lowest BCUT2D eigenvalue weighted by atomic mass is 9.45. The van der Waals surface area contributed by atoms with Crippen molar-refractivity contribution >= 4 is 17.7 Å². The fourth-order valence-electron chi connectivity index (χ4n) is 8.71. The Morgan fingerprint density at radius 2 is 1.97 bits per heavy atom. The fraction of sp³-hybridized carbons (Fsp3) is 0.792. The Hall–Kier alpha value is -1.69. The molecule has 30 heavy (non-hydrogen) atoms. The highest BCUT2D eigenvalue weighted by Gasteiger charge is 2.83. The van der Waals surface area contributed by atoms with E-state index in [0.717, 1.165) is 37.7 Å². The number of nitrogens with one attached hydrogen (secondary N) is 1. The van der Waals surface area contributed by atoms with E-state index in [1.807, 2.05) is 6.08 Å². The Balaban J connectivity index is 1.47. The van der Waals surface area contributed by atoms with E-state index in [4.69, 9.17) is 9.47 Å². The van der Waals surface area contributed by atoms with Crippen molar-refractivity contribution < 1.29 is 23.9 Å². The van der Waals surface area contributed by atoms with Crippen molar-refractivity contribution in [3.05, 3.63) is 11.6 Å². The van der Waals surface area contributed by atoms with Gasteiger partial charge in [-0.25, -0.2) is 0 Å². The quantitative estimate of drug-likeness (QED) is 0.528. The average molecular weight is 414 g/mol. The van der Waals surface area contributed by atoms with Crippen molar-refractivity contribution in [1.82, 2.24) is 5.32 Å². The minimum atomic E-state index is -0.382. The van der Waals surface area contributed by atoms with Gasteiger partial charge in [0.25, 0.3) is 0 Å². The lowest BCUT2D eigenvalue weighted by Gasteiger charge is -2.59. The summed E-state index contributed by atoms with van der Waals surface area (Å²) in [5.41, 5.74) is 0.165. The SMILES string of the molecule is CC(=O)NC1CC2=CC(=O)CC[C@]2(C)C23O[C@H]2C[C@@]2(C)C(CC[C@@]24CCC(=O)O4)C13. The largest absolute Gasteiger partial charge is 0.458 e. The summed E-state index contributed by atoms with van der Waals surface area (Å²) in [7, 11) is 0. The van der Waals surface area contributed by atoms with E-state index < -0.39 is 0 Å². The summed E-state index contributed by atoms with van der Waals surface area (Å²) in [5, 5.41) is 3.24. The van der Waals surface area contributed by atoms with Gasteiger partial charge in [-0.3, -0.25) is 14.4 Å². The van der Waals surface area contributed by atoms with Crippen molar-refractivity contribution in [3.63, 3.8) is 0 Å². The van der Waals surface area contributed by atoms with Crippen LogP contribution in [-0.2, 0) is 23.9 Å². The van der Waals surface area contributed by atoms with Gasteiger partial charge >= 0.3 is 5.97 Å². The summed E-state index contributed by atoms with van der Waals surface area (Å²) in [4.78, 5) is 36.5. The molecule has 5 fully saturated rings. The van der Waals surface area contributed by atoms with Gasteiger partial charge in [-0.05, 0) is 50.5 Å². The molecule has 0 radical (unpaired) electrons. The minimum Gasteiger partial charge on any atom is -0.458 e. The number of rotatable bonds is 1. The number of amides is 1. The maximum Gasteiger partial charge on any atom is 0.306 e. The lowest BCUT2D eigenvalue weighted by molar-refractivity contribution is -0.165. The highest BCUT2D eigenvalue weighted by Crippen LogP contribution is 2.77. The molecule has 4 aliphatic carbocycles. The first-order valence-electron chi connectivity index (χ1n) is 11.6. The summed E-state index contributed by atoms with van der Waals surface area (Å²) in [5.74, 6) is 0.588. The van der Waals surface area contributed by atoms with Gasteiger partial charge in [0.1, 0.15) is 11.2 Å². The molecular weight excluding hydrogens is 382 g/mol. The maximum atomic E-state index is 12.2. The van der Waals surface area contributed by atoms with Crippen molar-refractivity contribution in [2.45, 2.75) is 95.5 Å². The smallest absolute Gasteiger partial charge is 0.306 e. The van der Waals surface area contributed by atoms with Crippen LogP contribution in [0.25, 0.3) is 0 Å². The molecule has 8 atom stereocenters. The zero-order valence-electron chi connectivity index (χ0n) is 18.1. The van der Waals surface area contributed by atoms with Crippen LogP contribution in [0.15, 0.2) is 11.6 Å². The molecule has 6 aliphatic rings. The molecule has 0 aromatic carbocycles. The molecule has 4 unspecified atom stereocenters. The predicted molar refractivity (Wildman–Crippen MR) is 107 cm³/mol. The topological polar surface area (TPSA) is 85.0 Å². The third-order valence-corrected chi connectivity index (χ3v) is 10.1. The van der Waals surface area contributed by atoms with Gasteiger partial charge in [-0.2, -0.15) is 0 Å². The molecule has 6 heteroatoms. The fourth-order valence-corrected chi connectivity index (χ4v) is 8.71. The number of ketones is 1. The van der Waals surface area contributed by atoms with Crippen LogP contribution in [0.1, 0.15) is 72.1 Å². The van der Waals surface area contributed by atoms with Gasteiger partial charge < -0.3 is 14.8 Å². The van der Waals surface area contributed by atoms with E-state index in [1.165, 1.54) is 0 Å². The van der Waals surface area contributed by atoms with Crippen LogP contribution in [0.3, 0.4) is 0 Å². The first-order chi connectivity index (χ1) is 14.2. The summed E-state index contributed by atoms with van der Waals surface area (Å²) in [6.07, 6.45) is 8.13. The second-order valence-corrected chi connectivity index (χ2v) is 11.1. The van der Waals surface area contributed by atoms with Crippen LogP contribution in [0.5, 0.6) is 0 Å². The van der Waals surface area contributed by atoms with Crippen LogP contribution in [0.4, 0.5) is 0 Å². The standard InChI is InChI=1S/C24H31NO5/c1-13(26)25-17-11-14-10-15(27)4-7-21(14,2)24-18(29-24)12-22(3)16(20(17)24)5-8-23(22)9-6-19(28)30-23/h10,16-18,20H,4-9,11-12H2,1-3H3,(H,25,26)/t16?,17?,18-,20?,21-,22-,23+,24?/m0/s1. The van der Waals surface area contributed by atoms with Crippen molar-refractivity contribution in [2.24, 2.45) is 22.7 Å². The van der Waals surface area contributed by atoms with Gasteiger partial charge in [0.05, 0.1) is 6.10 Å². The number of hydrogen-bond acceptors (Lipinski definition) is 5. The molecule has 0 aromatic rings. The number of carbonyl (C=O) groups excluding carboxylic acids is 3. The number of carbonyl (C=O) groups is 3. The van der Waals surface area contributed by atoms with Gasteiger partial charge in [-0.15, -0.1) is 0 Å². The third kappa shape index (κ3) is 2.02. The first-order valence-corrected chi connectivity index (χ1v) is 11.6. The van der Waals surface area contributed by atoms with Crippen molar-refractivity contribution in [2.75, 3.05) is 0 Å². The third-order valence-electron chi connectivity index (χ3n) is 10.1. The molecule has 0 bridgehead atoms. The van der Waals surface area contributed by atoms with Crippen molar-refractivity contribution in [1.29, 1.82) is 0 Å². The molecule has 6 nitrogen and oxygen atoms in total. The van der Waals surface area contributed by atoms with Crippen molar-refractivity contribution in [3.8, 4) is 0 Å². The highest BCUT2D eigenvalue weighted by atomic mass is 16.6. The predicted octanol–water partition coefficient (Wildman–Crippen LogP) is 2.84. The molecule has 0 aromatic heterocycles. The zero-order valence-corrected chi connectivity index (χ0v) is 18.1. The Labute approximate surface area is 177 Å². The average Bonchev–Trinajstić information content (AvgIpc) is 3.15. The van der Waals surface area contributed by atoms with Gasteiger partial charge in [-0.1, -0.05) is 19.4 Å². The molecule has 1 N–H and O–H groups in total. The molecule has 162 valence electrons. The van der Waals surface area contributed by atoms with Gasteiger partial charge in [0.2, 0.25) is 5.91 Å². The number of ether oxygens (including phenoxy) is 2. The summed E-state index contributed by atoms with van der Waals surface area (Å²) < 4.78 is 12.7. The Kier molecular flexibility index (Phi) is 3.53. The summed E-state index contributed by atoms with van der Waals surface area (Å²) in [6.45, 7) is 6.16. The van der Waals surface area contributed by atoms with Crippen LogP contribution in [0.2, 0.25) is 0 Å². The van der Waals surface area contributed by atoms with E-state index in [-0.39, 0.29) is 57.8 Å². The zero-order chi connectivity index (χ0) is 21.1. The normalized spacial score (nSPS) is 53.2. The molecule has 2 saturated heterocycles. The van der Waals surface area contributed by atoms with Gasteiger partial charge in [0.15, 0.2) is 5.78 Å². The molecule has 2 aliphatic heterocycles. The van der Waals surface area contributed by atoms with E-state index in [2.05, 4.69) is 19.2 Å². The maximum absolute atomic E-state index is 12.2. The minimum absolute atomic E-state index is 0.0361. The second-order valence-electron chi connectivity index (χ2n) is 11.1. The highest BCUT2D eigenvalue weighted by molar-refractivity contribution is 5.92. The molecule has 1 amide bonds. The monoisotopic (exact) mass is 413 g/mol. The lowest BCUT2D eigenvalue weighted by Crippen LogP contribution is -2.66. The number of fused-ring (bicyclic) bond motifs is 4. The molecule has 2 spiro atoms. The molecular formula is C24H31NO5. The van der Waals surface area contributed by atoms with E-state index in [1.54, 1.807) is 6.92 Å². The second kappa shape index (κ2) is 5.56. The van der Waals surface area contributed by atoms with E-state index >= 15 is 0 Å². The molecule has 3 saturated carbocycles. The van der Waals surface area contributed by atoms with Crippen LogP contribution in [-0.4, -0.2) is 41.0 Å². The Bertz CT molecular complexity index is 911. The van der Waals surface area contributed by atoms with Gasteiger partial charge in [0, 0.05) is 42.6 Å². The van der Waals surface area contributed by atoms with Crippen LogP contribution >= 0.6 is 0 Å². The van der Waals surface area contributed by atoms with E-state index in [0.29, 0.717) is 25.2 Å². The van der Waals surface area contributed by atoms with E-state index in [9.17, 15) is 14.4 Å². The Morgan fingerprint density at radius 1 is 1.17 bits per heavy atom. The number of epoxide rings is 1. The molecule has 6 rings (SSSR count). The summed E-state index contributed by atoms with van der Waals surface area (Å²) in [6, 6.07) is -0.0467. The van der Waals surface area contributed by atoms with Crippen LogP contribution in [0, 0.1) is 22.7 Å². The summed E-state index contributed by atoms with van der Waals surface area (Å²) >= 11 is 0. The molecule has 2 heterocycles.